The van der Waals surface area contributed by atoms with Gasteiger partial charge in [-0.15, -0.1) is 12.4 Å². The second kappa shape index (κ2) is 11.9. The van der Waals surface area contributed by atoms with Crippen LogP contribution in [0.1, 0.15) is 56.7 Å². The van der Waals surface area contributed by atoms with Crippen LogP contribution in [-0.2, 0) is 11.3 Å². The molecule has 2 unspecified atom stereocenters. The number of rotatable bonds is 7. The Morgan fingerprint density at radius 3 is 2.55 bits per heavy atom. The van der Waals surface area contributed by atoms with Gasteiger partial charge in [-0.3, -0.25) is 9.78 Å². The lowest BCUT2D eigenvalue weighted by molar-refractivity contribution is -0.135. The van der Waals surface area contributed by atoms with Crippen LogP contribution in [0.2, 0.25) is 0 Å². The highest BCUT2D eigenvalue weighted by atomic mass is 35.5. The minimum atomic E-state index is 0. The number of amides is 1. The standard InChI is InChI=1S/C24H33N3O.ClH/c1-19(2)23(20-9-4-3-5-10-20)17-24(28)27(18-21-11-6-7-15-26-21)22-12-8-14-25-16-13-22;/h3-7,9-11,15,19,22-23,25H,8,12-14,16-18H2,1-2H3;1H. The normalized spacial score (nSPS) is 17.8. The van der Waals surface area contributed by atoms with Crippen LogP contribution < -0.4 is 5.32 Å². The summed E-state index contributed by atoms with van der Waals surface area (Å²) >= 11 is 0. The van der Waals surface area contributed by atoms with E-state index >= 15 is 0 Å². The van der Waals surface area contributed by atoms with Crippen LogP contribution in [0, 0.1) is 5.92 Å². The van der Waals surface area contributed by atoms with E-state index < -0.39 is 0 Å². The van der Waals surface area contributed by atoms with E-state index in [0.29, 0.717) is 18.9 Å². The first-order valence-electron chi connectivity index (χ1n) is 10.6. The highest BCUT2D eigenvalue weighted by Gasteiger charge is 2.28. The first-order chi connectivity index (χ1) is 13.6. The zero-order valence-electron chi connectivity index (χ0n) is 17.6. The first-order valence-corrected chi connectivity index (χ1v) is 10.6. The fourth-order valence-electron chi connectivity index (χ4n) is 4.14. The van der Waals surface area contributed by atoms with Crippen molar-refractivity contribution in [1.29, 1.82) is 0 Å². The molecule has 3 rings (SSSR count). The maximum Gasteiger partial charge on any atom is 0.223 e. The molecule has 1 fully saturated rings. The van der Waals surface area contributed by atoms with Gasteiger partial charge in [-0.2, -0.15) is 0 Å². The van der Waals surface area contributed by atoms with E-state index in [-0.39, 0.29) is 30.3 Å². The molecule has 1 aromatic heterocycles. The van der Waals surface area contributed by atoms with Gasteiger partial charge in [-0.25, -0.2) is 0 Å². The second-order valence-electron chi connectivity index (χ2n) is 8.14. The Balaban J connectivity index is 0.00000300. The molecule has 5 heteroatoms. The Kier molecular flexibility index (Phi) is 9.62. The lowest BCUT2D eigenvalue weighted by Crippen LogP contribution is -2.41. The number of benzene rings is 1. The van der Waals surface area contributed by atoms with Crippen molar-refractivity contribution in [3.8, 4) is 0 Å². The van der Waals surface area contributed by atoms with E-state index in [2.05, 4.69) is 53.3 Å². The predicted molar refractivity (Wildman–Crippen MR) is 121 cm³/mol. The molecule has 158 valence electrons. The van der Waals surface area contributed by atoms with Gasteiger partial charge in [0.15, 0.2) is 0 Å². The lowest BCUT2D eigenvalue weighted by Gasteiger charge is -2.33. The molecule has 2 heterocycles. The summed E-state index contributed by atoms with van der Waals surface area (Å²) in [5.74, 6) is 0.905. The summed E-state index contributed by atoms with van der Waals surface area (Å²) in [6, 6.07) is 16.7. The van der Waals surface area contributed by atoms with Gasteiger partial charge >= 0.3 is 0 Å². The topological polar surface area (TPSA) is 45.2 Å². The van der Waals surface area contributed by atoms with Crippen molar-refractivity contribution >= 4 is 18.3 Å². The van der Waals surface area contributed by atoms with Crippen molar-refractivity contribution in [2.45, 2.75) is 58.0 Å². The average molecular weight is 416 g/mol. The minimum absolute atomic E-state index is 0. The largest absolute Gasteiger partial charge is 0.334 e. The van der Waals surface area contributed by atoms with Crippen LogP contribution in [0.4, 0.5) is 0 Å². The van der Waals surface area contributed by atoms with Gasteiger partial charge in [0.05, 0.1) is 12.2 Å². The molecule has 0 spiro atoms. The molecule has 0 aliphatic carbocycles. The number of aromatic nitrogens is 1. The van der Waals surface area contributed by atoms with Crippen LogP contribution in [0.15, 0.2) is 54.7 Å². The third kappa shape index (κ3) is 6.83. The Bertz CT molecular complexity index is 715. The molecule has 29 heavy (non-hydrogen) atoms. The van der Waals surface area contributed by atoms with Gasteiger partial charge in [0.2, 0.25) is 5.91 Å². The molecule has 0 bridgehead atoms. The number of nitrogens with zero attached hydrogens (tertiary/aromatic N) is 2. The Morgan fingerprint density at radius 2 is 1.86 bits per heavy atom. The molecule has 1 amide bonds. The maximum absolute atomic E-state index is 13.5. The van der Waals surface area contributed by atoms with Gasteiger partial charge in [0, 0.05) is 18.7 Å². The van der Waals surface area contributed by atoms with Crippen LogP contribution in [-0.4, -0.2) is 34.9 Å². The zero-order chi connectivity index (χ0) is 19.8. The number of hydrogen-bond acceptors (Lipinski definition) is 3. The summed E-state index contributed by atoms with van der Waals surface area (Å²) in [6.07, 6.45) is 5.55. The van der Waals surface area contributed by atoms with Crippen molar-refractivity contribution in [2.75, 3.05) is 13.1 Å². The molecule has 1 aromatic carbocycles. The van der Waals surface area contributed by atoms with E-state index in [1.165, 1.54) is 5.56 Å². The summed E-state index contributed by atoms with van der Waals surface area (Å²) in [4.78, 5) is 20.1. The third-order valence-corrected chi connectivity index (χ3v) is 5.79. The monoisotopic (exact) mass is 415 g/mol. The Morgan fingerprint density at radius 1 is 1.10 bits per heavy atom. The van der Waals surface area contributed by atoms with Gasteiger partial charge in [0.1, 0.15) is 0 Å². The molecule has 1 aliphatic heterocycles. The summed E-state index contributed by atoms with van der Waals surface area (Å²) in [7, 11) is 0. The van der Waals surface area contributed by atoms with E-state index in [1.807, 2.05) is 30.5 Å². The highest BCUT2D eigenvalue weighted by molar-refractivity contribution is 5.85. The van der Waals surface area contributed by atoms with Crippen molar-refractivity contribution in [1.82, 2.24) is 15.2 Å². The molecular formula is C24H34ClN3O. The number of pyridine rings is 1. The summed E-state index contributed by atoms with van der Waals surface area (Å²) in [5.41, 5.74) is 2.22. The number of carbonyl (C=O) groups is 1. The molecule has 0 saturated carbocycles. The number of halogens is 1. The molecular weight excluding hydrogens is 382 g/mol. The van der Waals surface area contributed by atoms with Gasteiger partial charge in [-0.1, -0.05) is 50.2 Å². The molecule has 4 nitrogen and oxygen atoms in total. The fourth-order valence-corrected chi connectivity index (χ4v) is 4.14. The van der Waals surface area contributed by atoms with E-state index in [0.717, 1.165) is 38.0 Å². The van der Waals surface area contributed by atoms with E-state index in [1.54, 1.807) is 0 Å². The third-order valence-electron chi connectivity index (χ3n) is 5.79. The van der Waals surface area contributed by atoms with Crippen molar-refractivity contribution < 1.29 is 4.79 Å². The first kappa shape index (κ1) is 23.4. The van der Waals surface area contributed by atoms with Crippen LogP contribution >= 0.6 is 12.4 Å². The molecule has 0 radical (unpaired) electrons. The Hall–Kier alpha value is -1.91. The van der Waals surface area contributed by atoms with Gasteiger partial charge in [0.25, 0.3) is 0 Å². The smallest absolute Gasteiger partial charge is 0.223 e. The molecule has 1 aliphatic rings. The molecule has 2 aromatic rings. The number of carbonyl (C=O) groups excluding carboxylic acids is 1. The summed E-state index contributed by atoms with van der Waals surface area (Å²) < 4.78 is 0. The Labute approximate surface area is 181 Å². The highest BCUT2D eigenvalue weighted by Crippen LogP contribution is 2.30. The summed E-state index contributed by atoms with van der Waals surface area (Å²) in [6.45, 7) is 7.04. The van der Waals surface area contributed by atoms with Crippen LogP contribution in [0.25, 0.3) is 0 Å². The van der Waals surface area contributed by atoms with E-state index in [9.17, 15) is 4.79 Å². The number of nitrogens with one attached hydrogen (secondary N) is 1. The second-order valence-corrected chi connectivity index (χ2v) is 8.14. The van der Waals surface area contributed by atoms with Crippen molar-refractivity contribution in [3.05, 3.63) is 66.0 Å². The fraction of sp³-hybridized carbons (Fsp3) is 0.500. The van der Waals surface area contributed by atoms with Crippen molar-refractivity contribution in [3.63, 3.8) is 0 Å². The minimum Gasteiger partial charge on any atom is -0.334 e. The van der Waals surface area contributed by atoms with Crippen LogP contribution in [0.3, 0.4) is 0 Å². The molecule has 2 atom stereocenters. The zero-order valence-corrected chi connectivity index (χ0v) is 18.4. The quantitative estimate of drug-likeness (QED) is 0.706. The SMILES string of the molecule is CC(C)C(CC(=O)N(Cc1ccccn1)C1CCCNCC1)c1ccccc1.Cl. The van der Waals surface area contributed by atoms with Gasteiger partial charge < -0.3 is 10.2 Å². The lowest BCUT2D eigenvalue weighted by atomic mass is 9.85. The molecule has 1 N–H and O–H groups in total. The summed E-state index contributed by atoms with van der Waals surface area (Å²) in [5, 5.41) is 3.47. The van der Waals surface area contributed by atoms with Gasteiger partial charge in [-0.05, 0) is 61.9 Å². The van der Waals surface area contributed by atoms with E-state index in [4.69, 9.17) is 0 Å². The maximum atomic E-state index is 13.5. The van der Waals surface area contributed by atoms with Crippen LogP contribution in [0.5, 0.6) is 0 Å². The molecule has 1 saturated heterocycles. The predicted octanol–water partition coefficient (Wildman–Crippen LogP) is 4.80. The average Bonchev–Trinajstić information content (AvgIpc) is 3.00. The van der Waals surface area contributed by atoms with Crippen molar-refractivity contribution in [2.24, 2.45) is 5.92 Å². The number of hydrogen-bond donors (Lipinski definition) is 1.